The highest BCUT2D eigenvalue weighted by molar-refractivity contribution is 6.33. The van der Waals surface area contributed by atoms with Crippen molar-refractivity contribution in [3.63, 3.8) is 0 Å². The topological polar surface area (TPSA) is 89.0 Å². The van der Waals surface area contributed by atoms with Gasteiger partial charge in [-0.25, -0.2) is 13.5 Å². The Balaban J connectivity index is 1.37. The Morgan fingerprint density at radius 3 is 2.59 bits per heavy atom. The summed E-state index contributed by atoms with van der Waals surface area (Å²) in [5, 5.41) is 8.24. The lowest BCUT2D eigenvalue weighted by molar-refractivity contribution is 0.244. The molecule has 1 aliphatic heterocycles. The summed E-state index contributed by atoms with van der Waals surface area (Å²) in [4.78, 5) is 12.2. The molecule has 4 rings (SSSR count). The van der Waals surface area contributed by atoms with Gasteiger partial charge in [-0.2, -0.15) is 9.97 Å². The van der Waals surface area contributed by atoms with Gasteiger partial charge in [0.1, 0.15) is 11.6 Å². The average molecular weight is 395 g/mol. The number of fused-ring (bicyclic) bond motifs is 1. The molecule has 27 heavy (non-hydrogen) atoms. The number of hydrogen-bond acceptors (Lipinski definition) is 7. The van der Waals surface area contributed by atoms with E-state index in [9.17, 15) is 8.78 Å². The summed E-state index contributed by atoms with van der Waals surface area (Å²) >= 11 is 6.00. The van der Waals surface area contributed by atoms with Crippen LogP contribution in [0.1, 0.15) is 0 Å². The van der Waals surface area contributed by atoms with Gasteiger partial charge in [0, 0.05) is 38.8 Å². The van der Waals surface area contributed by atoms with Crippen molar-refractivity contribution in [2.45, 2.75) is 6.54 Å². The Hall–Kier alpha value is -2.59. The second-order valence-corrected chi connectivity index (χ2v) is 6.64. The number of rotatable bonds is 4. The minimum Gasteiger partial charge on any atom is -0.368 e. The van der Waals surface area contributed by atoms with Gasteiger partial charge in [-0.1, -0.05) is 16.8 Å². The van der Waals surface area contributed by atoms with Gasteiger partial charge in [0.15, 0.2) is 16.3 Å². The van der Waals surface area contributed by atoms with E-state index < -0.39 is 11.6 Å². The molecule has 1 saturated heterocycles. The van der Waals surface area contributed by atoms with Gasteiger partial charge in [-0.05, 0) is 12.1 Å². The van der Waals surface area contributed by atoms with Gasteiger partial charge < -0.3 is 10.6 Å². The predicted octanol–water partition coefficient (Wildman–Crippen LogP) is 1.56. The number of nitrogens with zero attached hydrogens (tertiary/aromatic N) is 7. The van der Waals surface area contributed by atoms with Crippen molar-refractivity contribution in [3.05, 3.63) is 35.0 Å². The summed E-state index contributed by atoms with van der Waals surface area (Å²) in [6.45, 7) is 4.10. The van der Waals surface area contributed by atoms with Crippen molar-refractivity contribution in [2.75, 3.05) is 43.4 Å². The van der Waals surface area contributed by atoms with Crippen molar-refractivity contribution >= 4 is 34.4 Å². The average Bonchev–Trinajstić information content (AvgIpc) is 3.04. The number of nitrogens with two attached hydrogens (primary N) is 1. The van der Waals surface area contributed by atoms with Crippen LogP contribution in [0.4, 0.5) is 20.4 Å². The molecule has 142 valence electrons. The lowest BCUT2D eigenvalue weighted by Gasteiger charge is -2.36. The molecule has 1 fully saturated rings. The summed E-state index contributed by atoms with van der Waals surface area (Å²) in [6, 6.07) is 3.67. The van der Waals surface area contributed by atoms with E-state index in [0.29, 0.717) is 36.5 Å². The molecule has 0 spiro atoms. The van der Waals surface area contributed by atoms with E-state index in [4.69, 9.17) is 17.3 Å². The van der Waals surface area contributed by atoms with Crippen LogP contribution in [-0.2, 0) is 6.54 Å². The van der Waals surface area contributed by atoms with E-state index in [1.807, 2.05) is 4.90 Å². The highest BCUT2D eigenvalue weighted by Gasteiger charge is 2.20. The number of hydrogen-bond donors (Lipinski definition) is 1. The van der Waals surface area contributed by atoms with Crippen molar-refractivity contribution < 1.29 is 8.78 Å². The zero-order valence-electron chi connectivity index (χ0n) is 14.3. The number of benzene rings is 1. The molecule has 3 heterocycles. The third-order valence-electron chi connectivity index (χ3n) is 4.59. The van der Waals surface area contributed by atoms with Gasteiger partial charge in [-0.15, -0.1) is 5.10 Å². The standard InChI is InChI=1S/C16H17ClF2N8/c17-14-13-15(22-16(20)21-14)27(24-23-13)8-5-25-3-6-26(7-4-25)12-2-1-10(18)9-11(12)19/h1-2,9H,3-8H2,(H2,20,21,22). The Labute approximate surface area is 158 Å². The highest BCUT2D eigenvalue weighted by atomic mass is 35.5. The van der Waals surface area contributed by atoms with Crippen LogP contribution in [0.5, 0.6) is 0 Å². The van der Waals surface area contributed by atoms with Gasteiger partial charge in [0.25, 0.3) is 0 Å². The van der Waals surface area contributed by atoms with E-state index in [-0.39, 0.29) is 11.1 Å². The summed E-state index contributed by atoms with van der Waals surface area (Å²) in [5.74, 6) is -1.03. The van der Waals surface area contributed by atoms with Crippen LogP contribution in [0.3, 0.4) is 0 Å². The molecule has 1 aromatic carbocycles. The summed E-state index contributed by atoms with van der Waals surface area (Å²) in [5.41, 5.74) is 6.99. The van der Waals surface area contributed by atoms with Crippen LogP contribution in [0.25, 0.3) is 11.2 Å². The fraction of sp³-hybridized carbons (Fsp3) is 0.375. The SMILES string of the molecule is Nc1nc(Cl)c2nnn(CCN3CCN(c4ccc(F)cc4F)CC3)c2n1. The first-order valence-corrected chi connectivity index (χ1v) is 8.83. The predicted molar refractivity (Wildman–Crippen MR) is 97.6 cm³/mol. The molecule has 0 amide bonds. The van der Waals surface area contributed by atoms with Crippen molar-refractivity contribution in [1.82, 2.24) is 29.9 Å². The van der Waals surface area contributed by atoms with Crippen LogP contribution in [0.2, 0.25) is 5.15 Å². The fourth-order valence-corrected chi connectivity index (χ4v) is 3.39. The molecule has 0 radical (unpaired) electrons. The van der Waals surface area contributed by atoms with E-state index in [1.165, 1.54) is 12.1 Å². The van der Waals surface area contributed by atoms with Gasteiger partial charge in [0.05, 0.1) is 12.2 Å². The summed E-state index contributed by atoms with van der Waals surface area (Å²) in [7, 11) is 0. The Morgan fingerprint density at radius 2 is 1.85 bits per heavy atom. The Morgan fingerprint density at radius 1 is 1.07 bits per heavy atom. The maximum atomic E-state index is 13.9. The Kier molecular flexibility index (Phi) is 4.75. The summed E-state index contributed by atoms with van der Waals surface area (Å²) < 4.78 is 28.6. The van der Waals surface area contributed by atoms with Crippen LogP contribution in [-0.4, -0.2) is 62.6 Å². The first kappa shape index (κ1) is 17.8. The zero-order valence-corrected chi connectivity index (χ0v) is 15.1. The number of nitrogen functional groups attached to an aromatic ring is 1. The largest absolute Gasteiger partial charge is 0.368 e. The molecule has 8 nitrogen and oxygen atoms in total. The molecular weight excluding hydrogens is 378 g/mol. The molecular formula is C16H17ClF2N8. The van der Waals surface area contributed by atoms with E-state index in [2.05, 4.69) is 25.2 Å². The smallest absolute Gasteiger partial charge is 0.223 e. The highest BCUT2D eigenvalue weighted by Crippen LogP contribution is 2.22. The first-order chi connectivity index (χ1) is 13.0. The molecule has 0 unspecified atom stereocenters. The molecule has 0 saturated carbocycles. The first-order valence-electron chi connectivity index (χ1n) is 8.46. The second-order valence-electron chi connectivity index (χ2n) is 6.28. The van der Waals surface area contributed by atoms with Gasteiger partial charge in [-0.3, -0.25) is 4.90 Å². The van der Waals surface area contributed by atoms with Crippen LogP contribution in [0.15, 0.2) is 18.2 Å². The normalized spacial score (nSPS) is 15.6. The lowest BCUT2D eigenvalue weighted by atomic mass is 10.2. The van der Waals surface area contributed by atoms with E-state index in [1.54, 1.807) is 4.68 Å². The molecule has 11 heteroatoms. The molecule has 3 aromatic rings. The van der Waals surface area contributed by atoms with Crippen LogP contribution >= 0.6 is 11.6 Å². The summed E-state index contributed by atoms with van der Waals surface area (Å²) in [6.07, 6.45) is 0. The van der Waals surface area contributed by atoms with Gasteiger partial charge >= 0.3 is 0 Å². The Bertz CT molecular complexity index is 970. The van der Waals surface area contributed by atoms with Crippen molar-refractivity contribution in [1.29, 1.82) is 0 Å². The van der Waals surface area contributed by atoms with E-state index >= 15 is 0 Å². The zero-order chi connectivity index (χ0) is 19.0. The van der Waals surface area contributed by atoms with Crippen molar-refractivity contribution in [3.8, 4) is 0 Å². The number of anilines is 2. The lowest BCUT2D eigenvalue weighted by Crippen LogP contribution is -2.47. The van der Waals surface area contributed by atoms with Crippen LogP contribution < -0.4 is 10.6 Å². The molecule has 0 aliphatic carbocycles. The van der Waals surface area contributed by atoms with Crippen molar-refractivity contribution in [2.24, 2.45) is 0 Å². The third-order valence-corrected chi connectivity index (χ3v) is 4.85. The number of piperazine rings is 1. The maximum absolute atomic E-state index is 13.9. The van der Waals surface area contributed by atoms with Gasteiger partial charge in [0.2, 0.25) is 5.95 Å². The molecule has 2 N–H and O–H groups in total. The monoisotopic (exact) mass is 394 g/mol. The molecule has 0 bridgehead atoms. The number of aromatic nitrogens is 5. The molecule has 0 atom stereocenters. The second kappa shape index (κ2) is 7.20. The minimum atomic E-state index is -0.570. The molecule has 1 aliphatic rings. The number of halogens is 3. The molecule has 2 aromatic heterocycles. The quantitative estimate of drug-likeness (QED) is 0.671. The third kappa shape index (κ3) is 3.62. The van der Waals surface area contributed by atoms with Crippen LogP contribution in [0, 0.1) is 11.6 Å². The fourth-order valence-electron chi connectivity index (χ4n) is 3.18. The maximum Gasteiger partial charge on any atom is 0.223 e. The van der Waals surface area contributed by atoms with E-state index in [0.717, 1.165) is 25.7 Å². The minimum absolute atomic E-state index is 0.0750.